The average molecular weight is 446 g/mol. The summed E-state index contributed by atoms with van der Waals surface area (Å²) >= 11 is 0. The highest BCUT2D eigenvalue weighted by atomic mass is 32.2. The van der Waals surface area contributed by atoms with Gasteiger partial charge in [-0.2, -0.15) is 0 Å². The first-order valence-electron chi connectivity index (χ1n) is 10.2. The Morgan fingerprint density at radius 3 is 1.97 bits per heavy atom. The van der Waals surface area contributed by atoms with E-state index in [9.17, 15) is 13.2 Å². The zero-order valence-electron chi connectivity index (χ0n) is 17.3. The summed E-state index contributed by atoms with van der Waals surface area (Å²) in [4.78, 5) is 15.1. The number of aromatic amines is 1. The van der Waals surface area contributed by atoms with Crippen molar-refractivity contribution in [3.8, 4) is 5.75 Å². The molecule has 0 aliphatic carbocycles. The van der Waals surface area contributed by atoms with Crippen molar-refractivity contribution in [2.45, 2.75) is 23.2 Å². The molecule has 0 spiro atoms. The van der Waals surface area contributed by atoms with Crippen LogP contribution in [-0.4, -0.2) is 19.7 Å². The Balaban J connectivity index is 1.76. The minimum atomic E-state index is -3.81. The van der Waals surface area contributed by atoms with Gasteiger partial charge in [0.05, 0.1) is 17.4 Å². The van der Waals surface area contributed by atoms with Crippen molar-refractivity contribution >= 4 is 16.1 Å². The number of ether oxygens (including phenoxy) is 1. The van der Waals surface area contributed by atoms with Gasteiger partial charge in [-0.3, -0.25) is 0 Å². The van der Waals surface area contributed by atoms with Crippen molar-refractivity contribution in [2.75, 3.05) is 0 Å². The number of sulfone groups is 1. The molecule has 0 fully saturated rings. The fraction of sp³-hybridized carbons (Fsp3) is 0.115. The highest BCUT2D eigenvalue weighted by Gasteiger charge is 2.31. The van der Waals surface area contributed by atoms with Gasteiger partial charge in [0.15, 0.2) is 15.6 Å². The minimum absolute atomic E-state index is 0.0261. The zero-order valence-corrected chi connectivity index (χ0v) is 18.2. The second kappa shape index (κ2) is 9.66. The Labute approximate surface area is 187 Å². The van der Waals surface area contributed by atoms with Crippen LogP contribution in [0.1, 0.15) is 28.3 Å². The Morgan fingerprint density at radius 1 is 0.812 bits per heavy atom. The Hall–Kier alpha value is -3.64. The molecule has 1 aromatic heterocycles. The number of carbonyl (C=O) groups is 1. The normalized spacial score (nSPS) is 12.2. The lowest BCUT2D eigenvalue weighted by molar-refractivity contribution is -0.108. The van der Waals surface area contributed by atoms with Crippen molar-refractivity contribution in [3.05, 3.63) is 120 Å². The lowest BCUT2D eigenvalue weighted by Gasteiger charge is -2.14. The van der Waals surface area contributed by atoms with E-state index in [1.807, 2.05) is 54.6 Å². The smallest absolute Gasteiger partial charge is 0.188 e. The predicted molar refractivity (Wildman–Crippen MR) is 123 cm³/mol. The van der Waals surface area contributed by atoms with Crippen molar-refractivity contribution < 1.29 is 17.9 Å². The van der Waals surface area contributed by atoms with E-state index in [0.29, 0.717) is 16.8 Å². The van der Waals surface area contributed by atoms with Gasteiger partial charge in [0.2, 0.25) is 0 Å². The second-order valence-electron chi connectivity index (χ2n) is 7.44. The van der Waals surface area contributed by atoms with Crippen LogP contribution in [0.5, 0.6) is 5.75 Å². The van der Waals surface area contributed by atoms with Crippen LogP contribution in [0.25, 0.3) is 0 Å². The minimum Gasteiger partial charge on any atom is -0.486 e. The molecule has 32 heavy (non-hydrogen) atoms. The molecule has 4 aromatic rings. The maximum atomic E-state index is 13.6. The van der Waals surface area contributed by atoms with Crippen molar-refractivity contribution in [3.63, 3.8) is 0 Å². The molecule has 3 aromatic carbocycles. The summed E-state index contributed by atoms with van der Waals surface area (Å²) in [6.45, 7) is 0.211. The molecule has 162 valence electrons. The van der Waals surface area contributed by atoms with E-state index in [-0.39, 0.29) is 23.0 Å². The van der Waals surface area contributed by atoms with Gasteiger partial charge in [-0.15, -0.1) is 0 Å². The molecule has 4 rings (SSSR count). The van der Waals surface area contributed by atoms with Crippen LogP contribution in [0.4, 0.5) is 0 Å². The number of hydrogen-bond donors (Lipinski definition) is 1. The lowest BCUT2D eigenvalue weighted by atomic mass is 9.97. The van der Waals surface area contributed by atoms with E-state index in [0.717, 1.165) is 11.8 Å². The molecule has 5 nitrogen and oxygen atoms in total. The van der Waals surface area contributed by atoms with Crippen molar-refractivity contribution in [2.24, 2.45) is 0 Å². The largest absolute Gasteiger partial charge is 0.486 e. The summed E-state index contributed by atoms with van der Waals surface area (Å²) in [5.41, 5.74) is 2.59. The molecule has 0 aliphatic rings. The second-order valence-corrected chi connectivity index (χ2v) is 9.37. The van der Waals surface area contributed by atoms with E-state index in [1.165, 1.54) is 6.20 Å². The van der Waals surface area contributed by atoms with Crippen LogP contribution in [0.2, 0.25) is 0 Å². The summed E-state index contributed by atoms with van der Waals surface area (Å²) < 4.78 is 33.0. The van der Waals surface area contributed by atoms with Crippen LogP contribution in [0.15, 0.2) is 102 Å². The third-order valence-electron chi connectivity index (χ3n) is 5.18. The predicted octanol–water partition coefficient (Wildman–Crippen LogP) is 4.90. The maximum Gasteiger partial charge on any atom is 0.188 e. The standard InChI is InChI=1S/C26H23NO4S/c28-17-23(22-14-8-3-9-15-22)25-26(32(29,30)19-21-12-6-2-7-13-21)24(16-27-25)31-18-20-10-4-1-5-11-20/h1-17,23,27H,18-19H2. The zero-order chi connectivity index (χ0) is 22.4. The number of carbonyl (C=O) groups excluding carboxylic acids is 1. The van der Waals surface area contributed by atoms with Gasteiger partial charge in [-0.05, 0) is 16.7 Å². The molecule has 6 heteroatoms. The van der Waals surface area contributed by atoms with Gasteiger partial charge in [0.25, 0.3) is 0 Å². The van der Waals surface area contributed by atoms with E-state index < -0.39 is 15.8 Å². The number of aldehydes is 1. The molecular weight excluding hydrogens is 422 g/mol. The van der Waals surface area contributed by atoms with E-state index in [4.69, 9.17) is 4.74 Å². The van der Waals surface area contributed by atoms with Gasteiger partial charge in [-0.1, -0.05) is 91.0 Å². The van der Waals surface area contributed by atoms with E-state index >= 15 is 0 Å². The third kappa shape index (κ3) is 4.81. The van der Waals surface area contributed by atoms with Gasteiger partial charge >= 0.3 is 0 Å². The lowest BCUT2D eigenvalue weighted by Crippen LogP contribution is -2.13. The molecule has 1 unspecified atom stereocenters. The molecule has 0 bridgehead atoms. The van der Waals surface area contributed by atoms with Crippen LogP contribution in [0.3, 0.4) is 0 Å². The third-order valence-corrected chi connectivity index (χ3v) is 6.94. The average Bonchev–Trinajstić information content (AvgIpc) is 3.25. The summed E-state index contributed by atoms with van der Waals surface area (Å²) in [7, 11) is -3.81. The number of H-pyrrole nitrogens is 1. The highest BCUT2D eigenvalue weighted by molar-refractivity contribution is 7.90. The maximum absolute atomic E-state index is 13.6. The Kier molecular flexibility index (Phi) is 6.52. The van der Waals surface area contributed by atoms with Gasteiger partial charge in [-0.25, -0.2) is 8.42 Å². The van der Waals surface area contributed by atoms with Crippen molar-refractivity contribution in [1.29, 1.82) is 0 Å². The highest BCUT2D eigenvalue weighted by Crippen LogP contribution is 2.36. The summed E-state index contributed by atoms with van der Waals surface area (Å²) in [6, 6.07) is 27.6. The fourth-order valence-electron chi connectivity index (χ4n) is 3.64. The molecule has 1 N–H and O–H groups in total. The quantitative estimate of drug-likeness (QED) is 0.372. The number of rotatable bonds is 9. The molecule has 0 radical (unpaired) electrons. The first-order chi connectivity index (χ1) is 15.6. The SMILES string of the molecule is O=CC(c1ccccc1)c1[nH]cc(OCc2ccccc2)c1S(=O)(=O)Cc1ccccc1. The van der Waals surface area contributed by atoms with Crippen LogP contribution in [0, 0.1) is 0 Å². The van der Waals surface area contributed by atoms with Crippen LogP contribution >= 0.6 is 0 Å². The fourth-order valence-corrected chi connectivity index (χ4v) is 5.36. The summed E-state index contributed by atoms with van der Waals surface area (Å²) in [5.74, 6) is -0.741. The topological polar surface area (TPSA) is 76.2 Å². The molecule has 0 amide bonds. The van der Waals surface area contributed by atoms with Gasteiger partial charge in [0, 0.05) is 6.20 Å². The van der Waals surface area contributed by atoms with Crippen molar-refractivity contribution in [1.82, 2.24) is 4.98 Å². The Bertz CT molecular complexity index is 1270. The van der Waals surface area contributed by atoms with E-state index in [1.54, 1.807) is 36.4 Å². The summed E-state index contributed by atoms with van der Waals surface area (Å²) in [5, 5.41) is 0. The first kappa shape index (κ1) is 21.6. The monoisotopic (exact) mass is 445 g/mol. The van der Waals surface area contributed by atoms with Gasteiger partial charge in [0.1, 0.15) is 17.8 Å². The van der Waals surface area contributed by atoms with Crippen LogP contribution in [-0.2, 0) is 27.0 Å². The van der Waals surface area contributed by atoms with Gasteiger partial charge < -0.3 is 14.5 Å². The molecule has 0 saturated heterocycles. The molecular formula is C26H23NO4S. The van der Waals surface area contributed by atoms with E-state index in [2.05, 4.69) is 4.98 Å². The number of benzene rings is 3. The summed E-state index contributed by atoms with van der Waals surface area (Å²) in [6.07, 6.45) is 2.28. The van der Waals surface area contributed by atoms with Crippen LogP contribution < -0.4 is 4.74 Å². The first-order valence-corrected chi connectivity index (χ1v) is 11.9. The molecule has 1 heterocycles. The number of hydrogen-bond acceptors (Lipinski definition) is 4. The molecule has 0 aliphatic heterocycles. The molecule has 1 atom stereocenters. The molecule has 0 saturated carbocycles. The Morgan fingerprint density at radius 2 is 1.38 bits per heavy atom. The number of nitrogens with one attached hydrogen (secondary N) is 1. The number of aromatic nitrogens is 1.